The Kier molecular flexibility index (Phi) is 4.21. The molecule has 0 nitrogen and oxygen atoms in total. The van der Waals surface area contributed by atoms with Crippen molar-refractivity contribution in [1.29, 1.82) is 0 Å². The molecule has 0 fully saturated rings. The molecule has 3 aliphatic carbocycles. The van der Waals surface area contributed by atoms with Gasteiger partial charge >= 0.3 is 0 Å². The van der Waals surface area contributed by atoms with Gasteiger partial charge in [0.2, 0.25) is 0 Å². The van der Waals surface area contributed by atoms with Crippen molar-refractivity contribution in [3.8, 4) is 22.3 Å². The van der Waals surface area contributed by atoms with Gasteiger partial charge in [0.05, 0.1) is 5.02 Å². The lowest BCUT2D eigenvalue weighted by Gasteiger charge is -2.24. The van der Waals surface area contributed by atoms with Gasteiger partial charge in [-0.15, -0.1) is 0 Å². The molecule has 3 aliphatic rings. The molecule has 0 radical (unpaired) electrons. The van der Waals surface area contributed by atoms with Gasteiger partial charge < -0.3 is 0 Å². The minimum absolute atomic E-state index is 0.0690. The molecule has 0 spiro atoms. The van der Waals surface area contributed by atoms with Crippen LogP contribution in [0.15, 0.2) is 60.7 Å². The largest absolute Gasteiger partial charge is 0.0843 e. The van der Waals surface area contributed by atoms with E-state index in [1.165, 1.54) is 50.1 Å². The SMILES string of the molecule is CC1(C)c2cc3c(cc2-c2c(Cl)cc(Cl)cc21)C(C)(C)c1cccc(C2=CCCC=C2)c1-3. The summed E-state index contributed by atoms with van der Waals surface area (Å²) in [5.41, 5.74) is 13.0. The summed E-state index contributed by atoms with van der Waals surface area (Å²) in [6.45, 7) is 9.28. The van der Waals surface area contributed by atoms with Crippen LogP contribution in [0.1, 0.15) is 68.4 Å². The number of fused-ring (bicyclic) bond motifs is 6. The van der Waals surface area contributed by atoms with E-state index in [9.17, 15) is 0 Å². The molecule has 0 N–H and O–H groups in total. The van der Waals surface area contributed by atoms with Gasteiger partial charge in [0.1, 0.15) is 0 Å². The fourth-order valence-electron chi connectivity index (χ4n) is 6.09. The smallest absolute Gasteiger partial charge is 0.0502 e. The molecule has 0 aromatic heterocycles. The summed E-state index contributed by atoms with van der Waals surface area (Å²) in [5, 5.41) is 1.44. The van der Waals surface area contributed by atoms with Crippen molar-refractivity contribution in [3.05, 3.63) is 98.6 Å². The number of hydrogen-bond acceptors (Lipinski definition) is 0. The molecular weight excluding hydrogens is 431 g/mol. The number of halogens is 2. The molecule has 0 saturated carbocycles. The zero-order valence-electron chi connectivity index (χ0n) is 18.9. The Bertz CT molecular complexity index is 1380. The lowest BCUT2D eigenvalue weighted by atomic mass is 9.79. The number of rotatable bonds is 1. The summed E-state index contributed by atoms with van der Waals surface area (Å²) in [4.78, 5) is 0. The topological polar surface area (TPSA) is 0 Å². The van der Waals surface area contributed by atoms with E-state index in [0.717, 1.165) is 23.4 Å². The normalized spacial score (nSPS) is 18.6. The van der Waals surface area contributed by atoms with Crippen LogP contribution in [0.25, 0.3) is 27.8 Å². The lowest BCUT2D eigenvalue weighted by molar-refractivity contribution is 0.652. The molecule has 0 atom stereocenters. The van der Waals surface area contributed by atoms with E-state index in [0.29, 0.717) is 5.02 Å². The van der Waals surface area contributed by atoms with Gasteiger partial charge in [-0.05, 0) is 87.2 Å². The van der Waals surface area contributed by atoms with Crippen LogP contribution in [-0.4, -0.2) is 0 Å². The van der Waals surface area contributed by atoms with Crippen LogP contribution in [0.4, 0.5) is 0 Å². The Balaban J connectivity index is 1.67. The van der Waals surface area contributed by atoms with Crippen LogP contribution in [-0.2, 0) is 10.8 Å². The van der Waals surface area contributed by atoms with E-state index in [4.69, 9.17) is 23.2 Å². The van der Waals surface area contributed by atoms with E-state index < -0.39 is 0 Å². The highest BCUT2D eigenvalue weighted by Crippen LogP contribution is 2.58. The minimum atomic E-state index is -0.153. The average molecular weight is 457 g/mol. The van der Waals surface area contributed by atoms with Crippen molar-refractivity contribution in [2.45, 2.75) is 51.4 Å². The zero-order valence-corrected chi connectivity index (χ0v) is 20.5. The van der Waals surface area contributed by atoms with Crippen LogP contribution < -0.4 is 0 Å². The lowest BCUT2D eigenvalue weighted by Crippen LogP contribution is -2.17. The minimum Gasteiger partial charge on any atom is -0.0843 e. The highest BCUT2D eigenvalue weighted by Gasteiger charge is 2.43. The van der Waals surface area contributed by atoms with Gasteiger partial charge in [-0.1, -0.05) is 87.3 Å². The van der Waals surface area contributed by atoms with Crippen molar-refractivity contribution in [1.82, 2.24) is 0 Å². The van der Waals surface area contributed by atoms with Gasteiger partial charge in [0.15, 0.2) is 0 Å². The van der Waals surface area contributed by atoms with E-state index in [-0.39, 0.29) is 10.8 Å². The molecule has 3 aromatic carbocycles. The summed E-state index contributed by atoms with van der Waals surface area (Å²) in [6, 6.07) is 15.6. The quantitative estimate of drug-likeness (QED) is 0.341. The molecular formula is C30H26Cl2. The first-order valence-electron chi connectivity index (χ1n) is 11.4. The molecule has 160 valence electrons. The number of allylic oxidation sites excluding steroid dienone is 4. The third kappa shape index (κ3) is 2.57. The summed E-state index contributed by atoms with van der Waals surface area (Å²) in [7, 11) is 0. The average Bonchev–Trinajstić information content (AvgIpc) is 3.13. The monoisotopic (exact) mass is 456 g/mol. The first-order valence-corrected chi connectivity index (χ1v) is 12.2. The van der Waals surface area contributed by atoms with Gasteiger partial charge in [-0.2, -0.15) is 0 Å². The molecule has 32 heavy (non-hydrogen) atoms. The van der Waals surface area contributed by atoms with Crippen molar-refractivity contribution in [3.63, 3.8) is 0 Å². The Hall–Kier alpha value is -2.28. The van der Waals surface area contributed by atoms with E-state index in [1.54, 1.807) is 0 Å². The maximum Gasteiger partial charge on any atom is 0.0502 e. The Morgan fingerprint density at radius 2 is 1.38 bits per heavy atom. The summed E-state index contributed by atoms with van der Waals surface area (Å²) in [6.07, 6.45) is 9.21. The van der Waals surface area contributed by atoms with E-state index in [1.807, 2.05) is 6.07 Å². The van der Waals surface area contributed by atoms with Crippen LogP contribution >= 0.6 is 23.2 Å². The van der Waals surface area contributed by atoms with Crippen molar-refractivity contribution in [2.75, 3.05) is 0 Å². The first kappa shape index (κ1) is 20.3. The molecule has 0 unspecified atom stereocenters. The number of hydrogen-bond donors (Lipinski definition) is 0. The fraction of sp³-hybridized carbons (Fsp3) is 0.267. The second kappa shape index (κ2) is 6.62. The maximum absolute atomic E-state index is 6.77. The standard InChI is InChI=1S/C30H26Cl2/c1-29(2)22-12-8-11-19(17-9-6-5-7-10-17)27(22)20-15-24-21(16-23(20)29)28-25(30(24,3)4)13-18(31)14-26(28)32/h6,8-16H,5,7H2,1-4H3. The van der Waals surface area contributed by atoms with Crippen molar-refractivity contribution >= 4 is 28.8 Å². The second-order valence-corrected chi connectivity index (χ2v) is 11.2. The number of benzene rings is 3. The van der Waals surface area contributed by atoms with Crippen molar-refractivity contribution < 1.29 is 0 Å². The molecule has 6 rings (SSSR count). The highest BCUT2D eigenvalue weighted by molar-refractivity contribution is 6.37. The van der Waals surface area contributed by atoms with Gasteiger partial charge in [0.25, 0.3) is 0 Å². The predicted octanol–water partition coefficient (Wildman–Crippen LogP) is 9.34. The summed E-state index contributed by atoms with van der Waals surface area (Å²) < 4.78 is 0. The Labute approximate surface area is 200 Å². The van der Waals surface area contributed by atoms with E-state index in [2.05, 4.69) is 82.3 Å². The first-order chi connectivity index (χ1) is 15.2. The van der Waals surface area contributed by atoms with Crippen LogP contribution in [0.3, 0.4) is 0 Å². The third-order valence-corrected chi connectivity index (χ3v) is 8.33. The summed E-state index contributed by atoms with van der Waals surface area (Å²) >= 11 is 13.2. The molecule has 0 saturated heterocycles. The van der Waals surface area contributed by atoms with Gasteiger partial charge in [-0.25, -0.2) is 0 Å². The fourth-order valence-corrected chi connectivity index (χ4v) is 6.69. The molecule has 2 heteroatoms. The zero-order chi connectivity index (χ0) is 22.4. The molecule has 0 heterocycles. The van der Waals surface area contributed by atoms with E-state index >= 15 is 0 Å². The molecule has 0 aliphatic heterocycles. The Morgan fingerprint density at radius 3 is 2.06 bits per heavy atom. The molecule has 0 amide bonds. The van der Waals surface area contributed by atoms with Gasteiger partial charge in [0, 0.05) is 21.4 Å². The van der Waals surface area contributed by atoms with Crippen LogP contribution in [0.2, 0.25) is 10.0 Å². The maximum atomic E-state index is 6.77. The highest BCUT2D eigenvalue weighted by atomic mass is 35.5. The predicted molar refractivity (Wildman–Crippen MR) is 138 cm³/mol. The third-order valence-electron chi connectivity index (χ3n) is 7.82. The summed E-state index contributed by atoms with van der Waals surface area (Å²) in [5.74, 6) is 0. The van der Waals surface area contributed by atoms with Crippen LogP contribution in [0, 0.1) is 0 Å². The molecule has 3 aromatic rings. The Morgan fingerprint density at radius 1 is 0.688 bits per heavy atom. The van der Waals surface area contributed by atoms with Crippen LogP contribution in [0.5, 0.6) is 0 Å². The molecule has 0 bridgehead atoms. The van der Waals surface area contributed by atoms with Gasteiger partial charge in [-0.3, -0.25) is 0 Å². The van der Waals surface area contributed by atoms with Crippen molar-refractivity contribution in [2.24, 2.45) is 0 Å². The second-order valence-electron chi connectivity index (χ2n) is 10.4.